The van der Waals surface area contributed by atoms with Crippen molar-refractivity contribution < 1.29 is 0 Å². The number of hydrogen-bond acceptors (Lipinski definition) is 3. The van der Waals surface area contributed by atoms with E-state index in [0.717, 1.165) is 34.2 Å². The molecule has 25 heavy (non-hydrogen) atoms. The monoisotopic (exact) mass is 622 g/mol. The Bertz CT molecular complexity index is 893. The summed E-state index contributed by atoms with van der Waals surface area (Å²) in [5, 5.41) is 0. The molecular formula is C19H14BiInN4. The topological polar surface area (TPSA) is 52.9 Å². The first-order valence-corrected chi connectivity index (χ1v) is 7.38. The smallest absolute Gasteiger partial charge is 0.0659 e. The van der Waals surface area contributed by atoms with Crippen LogP contribution in [0, 0.1) is 0 Å². The molecule has 6 heteroatoms. The molecule has 1 N–H and O–H groups in total. The van der Waals surface area contributed by atoms with Crippen molar-refractivity contribution in [3.63, 3.8) is 0 Å². The van der Waals surface area contributed by atoms with E-state index in [-0.39, 0.29) is 52.0 Å². The average Bonchev–Trinajstić information content (AvgIpc) is 3.31. The zero-order valence-electron chi connectivity index (χ0n) is 13.4. The first-order chi connectivity index (χ1) is 11.3. The van der Waals surface area contributed by atoms with Crippen LogP contribution in [0.2, 0.25) is 0 Å². The van der Waals surface area contributed by atoms with Crippen molar-refractivity contribution in [2.45, 2.75) is 0 Å². The molecule has 1 aromatic rings. The van der Waals surface area contributed by atoms with E-state index in [1.54, 1.807) is 6.21 Å². The second kappa shape index (κ2) is 9.26. The molecule has 4 rings (SSSR count). The third kappa shape index (κ3) is 5.23. The molecule has 3 aliphatic rings. The van der Waals surface area contributed by atoms with E-state index >= 15 is 0 Å². The zero-order valence-corrected chi connectivity index (χ0v) is 20.1. The van der Waals surface area contributed by atoms with Crippen molar-refractivity contribution in [1.82, 2.24) is 4.98 Å². The van der Waals surface area contributed by atoms with E-state index in [1.807, 2.05) is 73.0 Å². The number of hydrogen-bond donors (Lipinski definition) is 1. The SMILES string of the molecule is C1=CC(=CC2=NC(=CC3=NC(=Cc4ccc[nH]4)C=C3)C=C2)N=C1.[Bi].[In]. The van der Waals surface area contributed by atoms with E-state index in [1.165, 1.54) is 0 Å². The zero-order chi connectivity index (χ0) is 15.5. The fraction of sp³-hybridized carbons (Fsp3) is 0. The Morgan fingerprint density at radius 1 is 0.800 bits per heavy atom. The number of nitrogens with zero attached hydrogens (tertiary/aromatic N) is 3. The van der Waals surface area contributed by atoms with Crippen molar-refractivity contribution >= 4 is 75.8 Å². The van der Waals surface area contributed by atoms with Gasteiger partial charge in [0, 0.05) is 70.2 Å². The molecule has 0 saturated carbocycles. The van der Waals surface area contributed by atoms with Gasteiger partial charge in [0.2, 0.25) is 0 Å². The molecule has 4 heterocycles. The van der Waals surface area contributed by atoms with Gasteiger partial charge in [0.1, 0.15) is 0 Å². The standard InChI is InChI=1S/C19H14N4.Bi.In/c1-3-14(20-9-1)11-16-5-7-18(22-16)13-19-8-6-17(23-19)12-15-4-2-10-21-15;;/h1-13,20H;;. The van der Waals surface area contributed by atoms with Gasteiger partial charge in [-0.15, -0.1) is 0 Å². The quantitative estimate of drug-likeness (QED) is 0.505. The third-order valence-electron chi connectivity index (χ3n) is 3.46. The third-order valence-corrected chi connectivity index (χ3v) is 3.46. The second-order valence-corrected chi connectivity index (χ2v) is 5.21. The molecule has 0 amide bonds. The molecule has 0 spiro atoms. The van der Waals surface area contributed by atoms with Crippen LogP contribution in [0.15, 0.2) is 99.0 Å². The molecule has 4 nitrogen and oxygen atoms in total. The molecular weight excluding hydrogens is 608 g/mol. The summed E-state index contributed by atoms with van der Waals surface area (Å²) < 4.78 is 0. The van der Waals surface area contributed by atoms with Crippen LogP contribution >= 0.6 is 0 Å². The minimum absolute atomic E-state index is 0. The first kappa shape index (κ1) is 19.8. The molecule has 6 radical (unpaired) electrons. The Morgan fingerprint density at radius 2 is 1.48 bits per heavy atom. The summed E-state index contributed by atoms with van der Waals surface area (Å²) in [5.74, 6) is 0. The van der Waals surface area contributed by atoms with Gasteiger partial charge < -0.3 is 4.98 Å². The molecule has 118 valence electrons. The Labute approximate surface area is 184 Å². The number of rotatable bonds is 3. The van der Waals surface area contributed by atoms with Gasteiger partial charge >= 0.3 is 0 Å². The van der Waals surface area contributed by atoms with Gasteiger partial charge in [0.25, 0.3) is 0 Å². The largest absolute Gasteiger partial charge is 0.362 e. The summed E-state index contributed by atoms with van der Waals surface area (Å²) in [6, 6.07) is 3.98. The predicted octanol–water partition coefficient (Wildman–Crippen LogP) is 3.02. The Kier molecular flexibility index (Phi) is 7.33. The summed E-state index contributed by atoms with van der Waals surface area (Å²) in [5.41, 5.74) is 5.59. The van der Waals surface area contributed by atoms with Gasteiger partial charge in [-0.3, -0.25) is 4.99 Å². The second-order valence-electron chi connectivity index (χ2n) is 5.21. The molecule has 3 aliphatic heterocycles. The minimum atomic E-state index is 0. The van der Waals surface area contributed by atoms with Crippen molar-refractivity contribution in [2.75, 3.05) is 0 Å². The Morgan fingerprint density at radius 3 is 2.08 bits per heavy atom. The van der Waals surface area contributed by atoms with E-state index in [2.05, 4.69) is 20.0 Å². The number of nitrogens with one attached hydrogen (secondary N) is 1. The van der Waals surface area contributed by atoms with Crippen LogP contribution in [0.5, 0.6) is 0 Å². The number of allylic oxidation sites excluding steroid dienone is 8. The summed E-state index contributed by atoms with van der Waals surface area (Å²) >= 11 is 0. The molecule has 0 saturated heterocycles. The average molecular weight is 622 g/mol. The van der Waals surface area contributed by atoms with Gasteiger partial charge in [-0.1, -0.05) is 0 Å². The molecule has 0 atom stereocenters. The Balaban J connectivity index is 0.00000113. The van der Waals surface area contributed by atoms with E-state index in [0.29, 0.717) is 0 Å². The van der Waals surface area contributed by atoms with Crippen molar-refractivity contribution in [2.24, 2.45) is 15.0 Å². The minimum Gasteiger partial charge on any atom is -0.362 e. The summed E-state index contributed by atoms with van der Waals surface area (Å²) in [6.07, 6.45) is 21.4. The van der Waals surface area contributed by atoms with Gasteiger partial charge in [-0.05, 0) is 66.8 Å². The number of aromatic amines is 1. The summed E-state index contributed by atoms with van der Waals surface area (Å²) in [6.45, 7) is 0. The number of aliphatic imine (C=N–C) groups is 3. The molecule has 0 bridgehead atoms. The van der Waals surface area contributed by atoms with Crippen molar-refractivity contribution in [3.8, 4) is 0 Å². The Hall–Kier alpha value is -1.52. The normalized spacial score (nSPS) is 21.8. The number of H-pyrrole nitrogens is 1. The summed E-state index contributed by atoms with van der Waals surface area (Å²) in [7, 11) is 0. The molecule has 0 aliphatic carbocycles. The van der Waals surface area contributed by atoms with Crippen LogP contribution in [-0.4, -0.2) is 74.7 Å². The van der Waals surface area contributed by atoms with Crippen molar-refractivity contribution in [3.05, 3.63) is 89.7 Å². The van der Waals surface area contributed by atoms with Crippen LogP contribution in [0.25, 0.3) is 6.08 Å². The van der Waals surface area contributed by atoms with Crippen LogP contribution in [0.1, 0.15) is 5.69 Å². The fourth-order valence-corrected chi connectivity index (χ4v) is 2.41. The van der Waals surface area contributed by atoms with Crippen LogP contribution < -0.4 is 0 Å². The van der Waals surface area contributed by atoms with Gasteiger partial charge in [0.15, 0.2) is 0 Å². The van der Waals surface area contributed by atoms with Crippen LogP contribution in [0.4, 0.5) is 0 Å². The maximum absolute atomic E-state index is 4.57. The van der Waals surface area contributed by atoms with E-state index < -0.39 is 0 Å². The van der Waals surface area contributed by atoms with Crippen molar-refractivity contribution in [1.29, 1.82) is 0 Å². The maximum atomic E-state index is 4.57. The molecule has 0 unspecified atom stereocenters. The van der Waals surface area contributed by atoms with Gasteiger partial charge in [-0.2, -0.15) is 0 Å². The van der Waals surface area contributed by atoms with E-state index in [4.69, 9.17) is 0 Å². The molecule has 1 aromatic heterocycles. The fourth-order valence-electron chi connectivity index (χ4n) is 2.41. The van der Waals surface area contributed by atoms with E-state index in [9.17, 15) is 0 Å². The summed E-state index contributed by atoms with van der Waals surface area (Å²) in [4.78, 5) is 16.5. The number of aromatic nitrogens is 1. The van der Waals surface area contributed by atoms with Gasteiger partial charge in [0.05, 0.1) is 28.5 Å². The van der Waals surface area contributed by atoms with Crippen LogP contribution in [-0.2, 0) is 0 Å². The maximum Gasteiger partial charge on any atom is 0.0659 e. The first-order valence-electron chi connectivity index (χ1n) is 7.38. The molecule has 0 aromatic carbocycles. The van der Waals surface area contributed by atoms with Crippen LogP contribution in [0.3, 0.4) is 0 Å². The predicted molar refractivity (Wildman–Crippen MR) is 107 cm³/mol. The van der Waals surface area contributed by atoms with Gasteiger partial charge in [-0.25, -0.2) is 9.98 Å². The molecule has 0 fully saturated rings.